The molecule has 2 unspecified atom stereocenters. The Kier molecular flexibility index (Phi) is 10.1. The molecule has 0 saturated carbocycles. The highest BCUT2D eigenvalue weighted by Crippen LogP contribution is 2.36. The average molecular weight is 587 g/mol. The van der Waals surface area contributed by atoms with Crippen molar-refractivity contribution in [3.8, 4) is 0 Å². The molecule has 0 aromatic heterocycles. The number of likely N-dealkylation sites (N-methyl/N-ethyl adjacent to an activating group) is 2. The molecule has 0 N–H and O–H groups in total. The van der Waals surface area contributed by atoms with Crippen molar-refractivity contribution in [1.82, 2.24) is 9.80 Å². The Morgan fingerprint density at radius 2 is 1.16 bits per heavy atom. The number of hydrogen-bond donors (Lipinski definition) is 0. The third-order valence-electron chi connectivity index (χ3n) is 8.27. The van der Waals surface area contributed by atoms with Crippen molar-refractivity contribution in [3.05, 3.63) is 64.1 Å². The molecule has 2 atom stereocenters. The second-order valence-electron chi connectivity index (χ2n) is 11.3. The number of nitrogens with zero attached hydrogens (tertiary/aromatic N) is 2. The van der Waals surface area contributed by atoms with Crippen molar-refractivity contribution >= 4 is 28.5 Å². The first kappa shape index (κ1) is 29.7. The quantitative estimate of drug-likeness (QED) is 0.448. The molecule has 0 spiro atoms. The Labute approximate surface area is 238 Å². The molecule has 5 rings (SSSR count). The van der Waals surface area contributed by atoms with Gasteiger partial charge in [-0.1, -0.05) is 66.2 Å². The Hall–Kier alpha value is -1.26. The lowest BCUT2D eigenvalue weighted by Gasteiger charge is -2.32. The van der Waals surface area contributed by atoms with Gasteiger partial charge < -0.3 is 18.8 Å². The number of rotatable bonds is 5. The molecule has 2 aromatic carbocycles. The predicted octanol–water partition coefficient (Wildman–Crippen LogP) is 5.22. The summed E-state index contributed by atoms with van der Waals surface area (Å²) in [6.45, 7) is 20.6. The molecule has 208 valence electrons. The van der Waals surface area contributed by atoms with Crippen molar-refractivity contribution in [1.29, 1.82) is 0 Å². The van der Waals surface area contributed by atoms with E-state index < -0.39 is 0 Å². The Balaban J connectivity index is 0.000000194. The van der Waals surface area contributed by atoms with Gasteiger partial charge in [0.25, 0.3) is 0 Å². The molecular formula is C30H44BBrN2O4. The molecule has 3 saturated heterocycles. The van der Waals surface area contributed by atoms with E-state index >= 15 is 0 Å². The molecule has 3 aliphatic heterocycles. The minimum atomic E-state index is -0.301. The first-order valence-corrected chi connectivity index (χ1v) is 14.8. The van der Waals surface area contributed by atoms with Crippen LogP contribution in [0, 0.1) is 0 Å². The summed E-state index contributed by atoms with van der Waals surface area (Å²) >= 11 is 3.44. The second-order valence-corrected chi connectivity index (χ2v) is 12.2. The third kappa shape index (κ3) is 7.28. The van der Waals surface area contributed by atoms with Gasteiger partial charge in [0.15, 0.2) is 0 Å². The zero-order valence-corrected chi connectivity index (χ0v) is 25.5. The van der Waals surface area contributed by atoms with Crippen molar-refractivity contribution in [2.75, 3.05) is 52.5 Å². The van der Waals surface area contributed by atoms with Gasteiger partial charge in [-0.3, -0.25) is 9.80 Å². The fraction of sp³-hybridized carbons (Fsp3) is 0.600. The van der Waals surface area contributed by atoms with Crippen LogP contribution in [0.25, 0.3) is 0 Å². The second kappa shape index (κ2) is 12.9. The lowest BCUT2D eigenvalue weighted by Crippen LogP contribution is -2.41. The molecule has 3 aliphatic rings. The summed E-state index contributed by atoms with van der Waals surface area (Å²) in [4.78, 5) is 4.85. The van der Waals surface area contributed by atoms with Crippen LogP contribution in [0.4, 0.5) is 0 Å². The zero-order chi connectivity index (χ0) is 27.3. The van der Waals surface area contributed by atoms with Crippen molar-refractivity contribution in [2.45, 2.75) is 65.0 Å². The molecule has 0 aliphatic carbocycles. The topological polar surface area (TPSA) is 43.4 Å². The molecule has 6 nitrogen and oxygen atoms in total. The normalized spacial score (nSPS) is 25.6. The Morgan fingerprint density at radius 1 is 0.737 bits per heavy atom. The first-order chi connectivity index (χ1) is 18.1. The summed E-state index contributed by atoms with van der Waals surface area (Å²) in [6, 6.07) is 16.9. The van der Waals surface area contributed by atoms with E-state index in [2.05, 4.69) is 116 Å². The summed E-state index contributed by atoms with van der Waals surface area (Å²) in [7, 11) is -0.298. The lowest BCUT2D eigenvalue weighted by atomic mass is 9.78. The largest absolute Gasteiger partial charge is 0.494 e. The molecular weight excluding hydrogens is 543 g/mol. The standard InChI is InChI=1S/C18H28BNO3.C12H16BrNO/c1-6-20-11-12-21-16(13-20)14-7-9-15(10-8-14)19-22-17(2,3)18(4,5)23-19;1-2-14-7-8-15-12(9-14)10-3-5-11(13)6-4-10/h7-10,16H,6,11-13H2,1-5H3;3-6,12H,2,7-9H2,1H3. The van der Waals surface area contributed by atoms with Gasteiger partial charge in [0.2, 0.25) is 0 Å². The molecule has 38 heavy (non-hydrogen) atoms. The van der Waals surface area contributed by atoms with E-state index in [4.69, 9.17) is 18.8 Å². The third-order valence-corrected chi connectivity index (χ3v) is 8.80. The van der Waals surface area contributed by atoms with E-state index in [1.54, 1.807) is 0 Å². The van der Waals surface area contributed by atoms with E-state index in [-0.39, 0.29) is 30.5 Å². The monoisotopic (exact) mass is 586 g/mol. The molecule has 0 amide bonds. The van der Waals surface area contributed by atoms with Crippen LogP contribution >= 0.6 is 15.9 Å². The van der Waals surface area contributed by atoms with Gasteiger partial charge in [-0.05, 0) is 69.5 Å². The van der Waals surface area contributed by atoms with E-state index in [1.165, 1.54) is 11.1 Å². The van der Waals surface area contributed by atoms with E-state index in [0.29, 0.717) is 0 Å². The lowest BCUT2D eigenvalue weighted by molar-refractivity contribution is -0.0282. The fourth-order valence-electron chi connectivity index (χ4n) is 4.91. The highest BCUT2D eigenvalue weighted by Gasteiger charge is 2.51. The average Bonchev–Trinajstić information content (AvgIpc) is 3.16. The Morgan fingerprint density at radius 3 is 1.58 bits per heavy atom. The fourth-order valence-corrected chi connectivity index (χ4v) is 5.17. The van der Waals surface area contributed by atoms with Crippen LogP contribution in [-0.4, -0.2) is 80.6 Å². The molecule has 2 aromatic rings. The van der Waals surface area contributed by atoms with Gasteiger partial charge in [-0.2, -0.15) is 0 Å². The summed E-state index contributed by atoms with van der Waals surface area (Å²) in [6.07, 6.45) is 0.405. The molecule has 3 heterocycles. The summed E-state index contributed by atoms with van der Waals surface area (Å²) < 4.78 is 25.0. The zero-order valence-electron chi connectivity index (χ0n) is 23.9. The van der Waals surface area contributed by atoms with Gasteiger partial charge in [0.05, 0.1) is 36.6 Å². The first-order valence-electron chi connectivity index (χ1n) is 14.0. The van der Waals surface area contributed by atoms with Crippen LogP contribution in [0.2, 0.25) is 0 Å². The number of hydrogen-bond acceptors (Lipinski definition) is 6. The van der Waals surface area contributed by atoms with Crippen LogP contribution < -0.4 is 5.46 Å². The van der Waals surface area contributed by atoms with Gasteiger partial charge in [0.1, 0.15) is 0 Å². The van der Waals surface area contributed by atoms with Crippen molar-refractivity contribution in [3.63, 3.8) is 0 Å². The maximum atomic E-state index is 6.11. The highest BCUT2D eigenvalue weighted by atomic mass is 79.9. The SMILES string of the molecule is CCN1CCOC(c2ccc(B3OC(C)(C)C(C)(C)O3)cc2)C1.CCN1CCOC(c2ccc(Br)cc2)C1. The Bertz CT molecular complexity index is 1000. The van der Waals surface area contributed by atoms with Crippen LogP contribution in [0.5, 0.6) is 0 Å². The van der Waals surface area contributed by atoms with E-state index in [0.717, 1.165) is 62.4 Å². The molecule has 8 heteroatoms. The summed E-state index contributed by atoms with van der Waals surface area (Å²) in [5.41, 5.74) is 2.96. The van der Waals surface area contributed by atoms with E-state index in [9.17, 15) is 0 Å². The van der Waals surface area contributed by atoms with Crippen LogP contribution in [0.15, 0.2) is 53.0 Å². The maximum absolute atomic E-state index is 6.11. The minimum absolute atomic E-state index is 0.163. The molecule has 0 bridgehead atoms. The van der Waals surface area contributed by atoms with Gasteiger partial charge >= 0.3 is 7.12 Å². The highest BCUT2D eigenvalue weighted by molar-refractivity contribution is 9.10. The maximum Gasteiger partial charge on any atom is 0.494 e. The van der Waals surface area contributed by atoms with Gasteiger partial charge in [-0.25, -0.2) is 0 Å². The van der Waals surface area contributed by atoms with Crippen molar-refractivity contribution < 1.29 is 18.8 Å². The van der Waals surface area contributed by atoms with E-state index in [1.807, 2.05) is 0 Å². The predicted molar refractivity (Wildman–Crippen MR) is 158 cm³/mol. The smallest absolute Gasteiger partial charge is 0.399 e. The molecule has 3 fully saturated rings. The van der Waals surface area contributed by atoms with Crippen molar-refractivity contribution in [2.24, 2.45) is 0 Å². The molecule has 0 radical (unpaired) electrons. The number of ether oxygens (including phenoxy) is 2. The summed E-state index contributed by atoms with van der Waals surface area (Å²) in [5.74, 6) is 0. The van der Waals surface area contributed by atoms with Gasteiger partial charge in [-0.15, -0.1) is 0 Å². The summed E-state index contributed by atoms with van der Waals surface area (Å²) in [5, 5.41) is 0. The van der Waals surface area contributed by atoms with Crippen LogP contribution in [-0.2, 0) is 18.8 Å². The minimum Gasteiger partial charge on any atom is -0.399 e. The number of morpholine rings is 2. The van der Waals surface area contributed by atoms with Gasteiger partial charge in [0, 0.05) is 30.7 Å². The number of halogens is 1. The number of benzene rings is 2. The van der Waals surface area contributed by atoms with Crippen LogP contribution in [0.3, 0.4) is 0 Å². The van der Waals surface area contributed by atoms with Crippen LogP contribution in [0.1, 0.15) is 64.9 Å².